The average Bonchev–Trinajstić information content (AvgIpc) is 3.18. The Morgan fingerprint density at radius 3 is 2.50 bits per heavy atom. The molecular weight excluding hydrogens is 450 g/mol. The number of hydrogen-bond donors (Lipinski definition) is 2. The molecule has 0 spiro atoms. The zero-order chi connectivity index (χ0) is 24.1. The van der Waals surface area contributed by atoms with Gasteiger partial charge in [-0.2, -0.15) is 5.10 Å². The Kier molecular flexibility index (Phi) is 7.53. The molecule has 0 atom stereocenters. The van der Waals surface area contributed by atoms with Gasteiger partial charge < -0.3 is 15.5 Å². The number of carbonyl (C=O) groups excluding carboxylic acids is 2. The first kappa shape index (κ1) is 23.8. The molecule has 34 heavy (non-hydrogen) atoms. The zero-order valence-electron chi connectivity index (χ0n) is 19.6. The normalized spacial score (nSPS) is 14.1. The maximum Gasteiger partial charge on any atom is 0.224 e. The molecule has 3 aromatic rings. The second kappa shape index (κ2) is 10.7. The summed E-state index contributed by atoms with van der Waals surface area (Å²) in [5.74, 6) is 0.820. The number of rotatable bonds is 7. The number of hydrogen-bond acceptors (Lipinski definition) is 4. The molecule has 7 nitrogen and oxygen atoms in total. The van der Waals surface area contributed by atoms with E-state index < -0.39 is 0 Å². The van der Waals surface area contributed by atoms with Crippen LogP contribution in [0.2, 0.25) is 5.02 Å². The molecule has 178 valence electrons. The number of para-hydroxylation sites is 1. The summed E-state index contributed by atoms with van der Waals surface area (Å²) in [6, 6.07) is 17.4. The standard InChI is InChI=1S/C26H30ClN5O2/c1-3-23(33)29-24-18(2)30-32(22-10-5-4-6-11-22)26(24)31-14-12-20(13-15-31)25(34)28-17-19-8-7-9-21(27)16-19/h4-11,16,20H,3,12-15,17H2,1-2H3,(H,28,34)(H,29,33). The van der Waals surface area contributed by atoms with E-state index >= 15 is 0 Å². The number of carbonyl (C=O) groups is 2. The molecular formula is C26H30ClN5O2. The van der Waals surface area contributed by atoms with Gasteiger partial charge >= 0.3 is 0 Å². The van der Waals surface area contributed by atoms with Crippen molar-refractivity contribution in [3.63, 3.8) is 0 Å². The minimum absolute atomic E-state index is 0.0489. The molecule has 2 N–H and O–H groups in total. The van der Waals surface area contributed by atoms with Crippen molar-refractivity contribution in [1.82, 2.24) is 15.1 Å². The molecule has 1 aliphatic rings. The molecule has 1 aromatic heterocycles. The SMILES string of the molecule is CCC(=O)Nc1c(C)nn(-c2ccccc2)c1N1CCC(C(=O)NCc2cccc(Cl)c2)CC1. The minimum Gasteiger partial charge on any atom is -0.355 e. The quantitative estimate of drug-likeness (QED) is 0.514. The molecule has 4 rings (SSSR count). The topological polar surface area (TPSA) is 79.3 Å². The lowest BCUT2D eigenvalue weighted by Crippen LogP contribution is -2.41. The summed E-state index contributed by atoms with van der Waals surface area (Å²) in [5, 5.41) is 11.5. The van der Waals surface area contributed by atoms with Gasteiger partial charge in [0.25, 0.3) is 0 Å². The number of aromatic nitrogens is 2. The van der Waals surface area contributed by atoms with E-state index in [4.69, 9.17) is 16.7 Å². The van der Waals surface area contributed by atoms with Crippen LogP contribution in [0.15, 0.2) is 54.6 Å². The van der Waals surface area contributed by atoms with E-state index in [9.17, 15) is 9.59 Å². The van der Waals surface area contributed by atoms with Crippen molar-refractivity contribution in [3.8, 4) is 5.69 Å². The van der Waals surface area contributed by atoms with E-state index in [0.29, 0.717) is 31.1 Å². The highest BCUT2D eigenvalue weighted by atomic mass is 35.5. The van der Waals surface area contributed by atoms with Crippen molar-refractivity contribution >= 4 is 34.9 Å². The number of piperidine rings is 1. The van der Waals surface area contributed by atoms with Crippen LogP contribution in [0.4, 0.5) is 11.5 Å². The van der Waals surface area contributed by atoms with Crippen molar-refractivity contribution in [2.75, 3.05) is 23.3 Å². The maximum atomic E-state index is 12.8. The maximum absolute atomic E-state index is 12.8. The second-order valence-electron chi connectivity index (χ2n) is 8.54. The predicted molar refractivity (Wildman–Crippen MR) is 135 cm³/mol. The van der Waals surface area contributed by atoms with Crippen LogP contribution in [0.1, 0.15) is 37.4 Å². The monoisotopic (exact) mass is 479 g/mol. The van der Waals surface area contributed by atoms with Crippen LogP contribution in [-0.2, 0) is 16.1 Å². The van der Waals surface area contributed by atoms with Gasteiger partial charge in [-0.1, -0.05) is 48.9 Å². The number of benzene rings is 2. The van der Waals surface area contributed by atoms with Crippen LogP contribution >= 0.6 is 11.6 Å². The fourth-order valence-electron chi connectivity index (χ4n) is 4.26. The third-order valence-corrected chi connectivity index (χ3v) is 6.38. The first-order valence-corrected chi connectivity index (χ1v) is 12.1. The molecule has 1 fully saturated rings. The molecule has 0 aliphatic carbocycles. The summed E-state index contributed by atoms with van der Waals surface area (Å²) >= 11 is 6.04. The Balaban J connectivity index is 1.48. The summed E-state index contributed by atoms with van der Waals surface area (Å²) in [7, 11) is 0. The fraction of sp³-hybridized carbons (Fsp3) is 0.346. The van der Waals surface area contributed by atoms with Crippen LogP contribution in [0.25, 0.3) is 5.69 Å². The molecule has 0 unspecified atom stereocenters. The van der Waals surface area contributed by atoms with Crippen molar-refractivity contribution in [2.24, 2.45) is 5.92 Å². The van der Waals surface area contributed by atoms with Gasteiger partial charge in [-0.3, -0.25) is 9.59 Å². The minimum atomic E-state index is -0.0571. The highest BCUT2D eigenvalue weighted by molar-refractivity contribution is 6.30. The summed E-state index contributed by atoms with van der Waals surface area (Å²) in [6.07, 6.45) is 1.84. The number of anilines is 2. The van der Waals surface area contributed by atoms with Gasteiger partial charge in [0, 0.05) is 37.0 Å². The van der Waals surface area contributed by atoms with E-state index in [-0.39, 0.29) is 17.7 Å². The average molecular weight is 480 g/mol. The molecule has 2 amide bonds. The third-order valence-electron chi connectivity index (χ3n) is 6.14. The highest BCUT2D eigenvalue weighted by Crippen LogP contribution is 2.35. The Labute approximate surface area is 205 Å². The van der Waals surface area contributed by atoms with E-state index in [2.05, 4.69) is 15.5 Å². The summed E-state index contributed by atoms with van der Waals surface area (Å²) in [6.45, 7) is 5.60. The number of halogens is 1. The van der Waals surface area contributed by atoms with Crippen molar-refractivity contribution in [2.45, 2.75) is 39.7 Å². The number of nitrogens with zero attached hydrogens (tertiary/aromatic N) is 3. The second-order valence-corrected chi connectivity index (χ2v) is 8.98. The van der Waals surface area contributed by atoms with Gasteiger partial charge in [0.1, 0.15) is 5.69 Å². The number of nitrogens with one attached hydrogen (secondary N) is 2. The Morgan fingerprint density at radius 2 is 1.82 bits per heavy atom. The number of aryl methyl sites for hydroxylation is 1. The molecule has 2 heterocycles. The van der Waals surface area contributed by atoms with E-state index in [0.717, 1.165) is 41.3 Å². The van der Waals surface area contributed by atoms with Gasteiger partial charge in [-0.15, -0.1) is 0 Å². The van der Waals surface area contributed by atoms with Crippen LogP contribution in [0.5, 0.6) is 0 Å². The lowest BCUT2D eigenvalue weighted by Gasteiger charge is -2.33. The molecule has 2 aromatic carbocycles. The molecule has 8 heteroatoms. The lowest BCUT2D eigenvalue weighted by atomic mass is 9.95. The van der Waals surface area contributed by atoms with E-state index in [1.54, 1.807) is 0 Å². The van der Waals surface area contributed by atoms with Gasteiger partial charge in [0.15, 0.2) is 5.82 Å². The highest BCUT2D eigenvalue weighted by Gasteiger charge is 2.30. The predicted octanol–water partition coefficient (Wildman–Crippen LogP) is 4.72. The number of amides is 2. The summed E-state index contributed by atoms with van der Waals surface area (Å²) in [4.78, 5) is 27.3. The van der Waals surface area contributed by atoms with Crippen LogP contribution in [0, 0.1) is 12.8 Å². The van der Waals surface area contributed by atoms with E-state index in [1.807, 2.05) is 73.1 Å². The van der Waals surface area contributed by atoms with Crippen molar-refractivity contribution in [3.05, 3.63) is 70.9 Å². The molecule has 0 bridgehead atoms. The van der Waals surface area contributed by atoms with Crippen LogP contribution in [0.3, 0.4) is 0 Å². The first-order valence-electron chi connectivity index (χ1n) is 11.7. The van der Waals surface area contributed by atoms with E-state index in [1.165, 1.54) is 0 Å². The lowest BCUT2D eigenvalue weighted by molar-refractivity contribution is -0.125. The smallest absolute Gasteiger partial charge is 0.224 e. The third kappa shape index (κ3) is 5.42. The largest absolute Gasteiger partial charge is 0.355 e. The zero-order valence-corrected chi connectivity index (χ0v) is 20.3. The van der Waals surface area contributed by atoms with Crippen LogP contribution in [-0.4, -0.2) is 34.7 Å². The van der Waals surface area contributed by atoms with Crippen LogP contribution < -0.4 is 15.5 Å². The van der Waals surface area contributed by atoms with Gasteiger partial charge in [0.2, 0.25) is 11.8 Å². The van der Waals surface area contributed by atoms with Gasteiger partial charge in [-0.05, 0) is 49.6 Å². The summed E-state index contributed by atoms with van der Waals surface area (Å²) < 4.78 is 1.89. The van der Waals surface area contributed by atoms with Gasteiger partial charge in [0.05, 0.1) is 11.4 Å². The first-order chi connectivity index (χ1) is 16.5. The fourth-order valence-corrected chi connectivity index (χ4v) is 4.48. The Hall–Kier alpha value is -3.32. The molecule has 0 saturated carbocycles. The molecule has 1 saturated heterocycles. The van der Waals surface area contributed by atoms with Crippen molar-refractivity contribution < 1.29 is 9.59 Å². The Bertz CT molecular complexity index is 1150. The summed E-state index contributed by atoms with van der Waals surface area (Å²) in [5.41, 5.74) is 3.41. The molecule has 1 aliphatic heterocycles. The Morgan fingerprint density at radius 1 is 1.09 bits per heavy atom. The molecule has 0 radical (unpaired) electrons. The van der Waals surface area contributed by atoms with Crippen molar-refractivity contribution in [1.29, 1.82) is 0 Å². The van der Waals surface area contributed by atoms with Gasteiger partial charge in [-0.25, -0.2) is 4.68 Å².